The van der Waals surface area contributed by atoms with Crippen molar-refractivity contribution in [1.82, 2.24) is 4.90 Å². The minimum Gasteiger partial charge on any atom is -0.379 e. The largest absolute Gasteiger partial charge is 0.379 e. The number of alkyl halides is 1. The molecule has 2 nitrogen and oxygen atoms in total. The number of thioether (sulfide) groups is 1. The normalized spacial score (nSPS) is 13.5. The van der Waals surface area contributed by atoms with Crippen molar-refractivity contribution in [2.24, 2.45) is 0 Å². The van der Waals surface area contributed by atoms with Gasteiger partial charge in [0, 0.05) is 24.2 Å². The molecule has 0 radical (unpaired) electrons. The highest BCUT2D eigenvalue weighted by molar-refractivity contribution is 7.98. The first kappa shape index (κ1) is 14.6. The van der Waals surface area contributed by atoms with Gasteiger partial charge >= 0.3 is 0 Å². The molecule has 0 aromatic rings. The molecule has 0 aliphatic rings. The fourth-order valence-corrected chi connectivity index (χ4v) is 2.28. The van der Waals surface area contributed by atoms with Crippen molar-refractivity contribution in [3.63, 3.8) is 0 Å². The fraction of sp³-hybridized carbons (Fsp3) is 1.00. The van der Waals surface area contributed by atoms with Crippen molar-refractivity contribution in [3.05, 3.63) is 0 Å². The lowest BCUT2D eigenvalue weighted by molar-refractivity contribution is 0.111. The van der Waals surface area contributed by atoms with Crippen LogP contribution in [0.3, 0.4) is 0 Å². The second kappa shape index (κ2) is 10.1. The van der Waals surface area contributed by atoms with Crippen LogP contribution in [0.4, 0.5) is 0 Å². The lowest BCUT2D eigenvalue weighted by atomic mass is 10.2. The van der Waals surface area contributed by atoms with Crippen LogP contribution in [-0.2, 0) is 4.74 Å². The molecule has 0 aromatic heterocycles. The van der Waals surface area contributed by atoms with Gasteiger partial charge in [0.05, 0.1) is 13.2 Å². The Bertz CT molecular complexity index is 127. The van der Waals surface area contributed by atoms with Gasteiger partial charge in [-0.15, -0.1) is 11.6 Å². The molecule has 0 aromatic carbocycles. The standard InChI is InChI=1S/C10H22ClNOS/c1-4-10(9-14-3)12(2)6-8-13-7-5-11/h10H,4-9H2,1-3H3. The molecule has 4 heteroatoms. The predicted octanol–water partition coefficient (Wildman–Crippen LogP) is 2.32. The van der Waals surface area contributed by atoms with Gasteiger partial charge in [-0.05, 0) is 19.7 Å². The van der Waals surface area contributed by atoms with Crippen molar-refractivity contribution in [2.75, 3.05) is 44.7 Å². The van der Waals surface area contributed by atoms with Crippen LogP contribution >= 0.6 is 23.4 Å². The van der Waals surface area contributed by atoms with Crippen LogP contribution in [0.15, 0.2) is 0 Å². The molecule has 0 bridgehead atoms. The molecule has 0 heterocycles. The molecule has 1 unspecified atom stereocenters. The Balaban J connectivity index is 3.52. The van der Waals surface area contributed by atoms with Gasteiger partial charge in [-0.1, -0.05) is 6.92 Å². The van der Waals surface area contributed by atoms with E-state index in [1.807, 2.05) is 11.8 Å². The third kappa shape index (κ3) is 6.93. The second-order valence-corrected chi connectivity index (χ2v) is 4.59. The average Bonchev–Trinajstić information content (AvgIpc) is 2.20. The zero-order valence-corrected chi connectivity index (χ0v) is 11.0. The first-order chi connectivity index (χ1) is 6.76. The molecule has 0 amide bonds. The van der Waals surface area contributed by atoms with E-state index < -0.39 is 0 Å². The van der Waals surface area contributed by atoms with Gasteiger partial charge in [0.2, 0.25) is 0 Å². The molecule has 0 N–H and O–H groups in total. The number of hydrogen-bond acceptors (Lipinski definition) is 3. The van der Waals surface area contributed by atoms with E-state index in [0.717, 1.165) is 13.2 Å². The summed E-state index contributed by atoms with van der Waals surface area (Å²) in [5.74, 6) is 1.79. The number of rotatable bonds is 9. The van der Waals surface area contributed by atoms with Gasteiger partial charge in [-0.25, -0.2) is 0 Å². The van der Waals surface area contributed by atoms with E-state index >= 15 is 0 Å². The van der Waals surface area contributed by atoms with Crippen molar-refractivity contribution < 1.29 is 4.74 Å². The van der Waals surface area contributed by atoms with Gasteiger partial charge in [-0.2, -0.15) is 11.8 Å². The fourth-order valence-electron chi connectivity index (χ4n) is 1.30. The Kier molecular flexibility index (Phi) is 10.5. The minimum atomic E-state index is 0.589. The SMILES string of the molecule is CCC(CSC)N(C)CCOCCCl. The van der Waals surface area contributed by atoms with Gasteiger partial charge in [0.25, 0.3) is 0 Å². The summed E-state index contributed by atoms with van der Waals surface area (Å²) in [6.45, 7) is 4.68. The Labute approximate surface area is 97.3 Å². The molecule has 14 heavy (non-hydrogen) atoms. The second-order valence-electron chi connectivity index (χ2n) is 3.30. The molecule has 0 saturated heterocycles. The number of halogens is 1. The molecule has 0 spiro atoms. The maximum atomic E-state index is 5.51. The Morgan fingerprint density at radius 2 is 2.14 bits per heavy atom. The average molecular weight is 240 g/mol. The predicted molar refractivity (Wildman–Crippen MR) is 66.6 cm³/mol. The molecule has 0 aliphatic heterocycles. The van der Waals surface area contributed by atoms with E-state index in [1.165, 1.54) is 12.2 Å². The smallest absolute Gasteiger partial charge is 0.0602 e. The highest BCUT2D eigenvalue weighted by atomic mass is 35.5. The Morgan fingerprint density at radius 3 is 2.64 bits per heavy atom. The molecule has 0 fully saturated rings. The topological polar surface area (TPSA) is 12.5 Å². The maximum absolute atomic E-state index is 5.51. The summed E-state index contributed by atoms with van der Waals surface area (Å²) in [5.41, 5.74) is 0. The minimum absolute atomic E-state index is 0.589. The molecule has 0 rings (SSSR count). The molecular weight excluding hydrogens is 218 g/mol. The lowest BCUT2D eigenvalue weighted by Crippen LogP contribution is -2.35. The van der Waals surface area contributed by atoms with E-state index in [9.17, 15) is 0 Å². The zero-order chi connectivity index (χ0) is 10.8. The highest BCUT2D eigenvalue weighted by Gasteiger charge is 2.10. The van der Waals surface area contributed by atoms with Crippen LogP contribution in [0.25, 0.3) is 0 Å². The lowest BCUT2D eigenvalue weighted by Gasteiger charge is -2.26. The molecular formula is C10H22ClNOS. The molecule has 0 aliphatic carbocycles. The van der Waals surface area contributed by atoms with E-state index in [1.54, 1.807) is 0 Å². The maximum Gasteiger partial charge on any atom is 0.0602 e. The summed E-state index contributed by atoms with van der Waals surface area (Å²) in [4.78, 5) is 2.37. The Hall–Kier alpha value is 0.560. The molecule has 1 atom stereocenters. The van der Waals surface area contributed by atoms with Crippen LogP contribution in [0.1, 0.15) is 13.3 Å². The van der Waals surface area contributed by atoms with Gasteiger partial charge in [-0.3, -0.25) is 0 Å². The van der Waals surface area contributed by atoms with Crippen LogP contribution in [0.2, 0.25) is 0 Å². The molecule has 86 valence electrons. The van der Waals surface area contributed by atoms with E-state index in [2.05, 4.69) is 25.1 Å². The van der Waals surface area contributed by atoms with Crippen molar-refractivity contribution in [1.29, 1.82) is 0 Å². The summed E-state index contributed by atoms with van der Waals surface area (Å²) >= 11 is 7.42. The monoisotopic (exact) mass is 239 g/mol. The number of ether oxygens (including phenoxy) is 1. The third-order valence-corrected chi connectivity index (χ3v) is 3.14. The van der Waals surface area contributed by atoms with Crippen LogP contribution in [0, 0.1) is 0 Å². The first-order valence-corrected chi connectivity index (χ1v) is 7.02. The van der Waals surface area contributed by atoms with Crippen LogP contribution in [-0.4, -0.2) is 55.6 Å². The highest BCUT2D eigenvalue weighted by Crippen LogP contribution is 2.07. The van der Waals surface area contributed by atoms with Gasteiger partial charge in [0.15, 0.2) is 0 Å². The van der Waals surface area contributed by atoms with Crippen molar-refractivity contribution in [3.8, 4) is 0 Å². The summed E-state index contributed by atoms with van der Waals surface area (Å²) in [7, 11) is 2.16. The quantitative estimate of drug-likeness (QED) is 0.453. The van der Waals surface area contributed by atoms with Crippen LogP contribution < -0.4 is 0 Å². The van der Waals surface area contributed by atoms with Gasteiger partial charge in [0.1, 0.15) is 0 Å². The third-order valence-electron chi connectivity index (χ3n) is 2.26. The van der Waals surface area contributed by atoms with Gasteiger partial charge < -0.3 is 9.64 Å². The summed E-state index contributed by atoms with van der Waals surface area (Å²) in [5, 5.41) is 0. The number of nitrogens with zero attached hydrogens (tertiary/aromatic N) is 1. The van der Waals surface area contributed by atoms with E-state index in [0.29, 0.717) is 18.5 Å². The van der Waals surface area contributed by atoms with Crippen molar-refractivity contribution >= 4 is 23.4 Å². The first-order valence-electron chi connectivity index (χ1n) is 5.09. The number of likely N-dealkylation sites (N-methyl/N-ethyl adjacent to an activating group) is 1. The van der Waals surface area contributed by atoms with Crippen molar-refractivity contribution in [2.45, 2.75) is 19.4 Å². The van der Waals surface area contributed by atoms with Crippen LogP contribution in [0.5, 0.6) is 0 Å². The Morgan fingerprint density at radius 1 is 1.43 bits per heavy atom. The zero-order valence-electron chi connectivity index (χ0n) is 9.46. The number of hydrogen-bond donors (Lipinski definition) is 0. The van der Waals surface area contributed by atoms with E-state index in [-0.39, 0.29) is 0 Å². The summed E-state index contributed by atoms with van der Waals surface area (Å²) in [6, 6.07) is 0.671. The summed E-state index contributed by atoms with van der Waals surface area (Å²) in [6.07, 6.45) is 3.35. The summed E-state index contributed by atoms with van der Waals surface area (Å²) < 4.78 is 5.35. The molecule has 0 saturated carbocycles. The van der Waals surface area contributed by atoms with E-state index in [4.69, 9.17) is 16.3 Å².